The Labute approximate surface area is 78.9 Å². The molecule has 0 aromatic rings. The molecular formula is C8H16N2OS. The molecule has 0 spiro atoms. The molecule has 0 radical (unpaired) electrons. The lowest BCUT2D eigenvalue weighted by molar-refractivity contribution is -0.129. The normalized spacial score (nSPS) is 9.50. The van der Waals surface area contributed by atoms with Gasteiger partial charge >= 0.3 is 0 Å². The van der Waals surface area contributed by atoms with Crippen LogP contribution in [0.2, 0.25) is 0 Å². The summed E-state index contributed by atoms with van der Waals surface area (Å²) in [7, 11) is 0. The second kappa shape index (κ2) is 5.94. The number of thiocarbonyl (C=S) groups is 1. The van der Waals surface area contributed by atoms with Gasteiger partial charge in [-0.15, -0.1) is 0 Å². The summed E-state index contributed by atoms with van der Waals surface area (Å²) in [5, 5.41) is 0. The van der Waals surface area contributed by atoms with Crippen molar-refractivity contribution in [2.75, 3.05) is 13.1 Å². The van der Waals surface area contributed by atoms with E-state index < -0.39 is 0 Å². The van der Waals surface area contributed by atoms with Gasteiger partial charge in [-0.05, 0) is 13.3 Å². The fourth-order valence-electron chi connectivity index (χ4n) is 0.990. The van der Waals surface area contributed by atoms with Crippen LogP contribution in [0.1, 0.15) is 26.7 Å². The summed E-state index contributed by atoms with van der Waals surface area (Å²) in [5.74, 6) is 0.0341. The Hall–Kier alpha value is -0.640. The summed E-state index contributed by atoms with van der Waals surface area (Å²) in [6.45, 7) is 5.51. The molecule has 0 saturated heterocycles. The van der Waals surface area contributed by atoms with Gasteiger partial charge in [-0.1, -0.05) is 19.1 Å². The Morgan fingerprint density at radius 3 is 2.42 bits per heavy atom. The molecule has 0 saturated carbocycles. The fourth-order valence-corrected chi connectivity index (χ4v) is 1.11. The van der Waals surface area contributed by atoms with Crippen molar-refractivity contribution in [3.63, 3.8) is 0 Å². The zero-order valence-electron chi connectivity index (χ0n) is 7.67. The molecule has 12 heavy (non-hydrogen) atoms. The zero-order valence-corrected chi connectivity index (χ0v) is 8.49. The fraction of sp³-hybridized carbons (Fsp3) is 0.750. The predicted octanol–water partition coefficient (Wildman–Crippen LogP) is 0.921. The van der Waals surface area contributed by atoms with Crippen molar-refractivity contribution >= 4 is 23.1 Å². The van der Waals surface area contributed by atoms with Gasteiger partial charge in [0.05, 0.1) is 11.4 Å². The molecule has 0 atom stereocenters. The highest BCUT2D eigenvalue weighted by Crippen LogP contribution is 1.95. The number of amides is 1. The van der Waals surface area contributed by atoms with Crippen LogP contribution in [0.4, 0.5) is 0 Å². The average molecular weight is 188 g/mol. The van der Waals surface area contributed by atoms with E-state index in [1.54, 1.807) is 4.90 Å². The van der Waals surface area contributed by atoms with Gasteiger partial charge in [-0.3, -0.25) is 4.79 Å². The van der Waals surface area contributed by atoms with Crippen LogP contribution in [0.3, 0.4) is 0 Å². The van der Waals surface area contributed by atoms with Crippen LogP contribution in [-0.4, -0.2) is 28.9 Å². The summed E-state index contributed by atoms with van der Waals surface area (Å²) >= 11 is 4.65. The molecule has 70 valence electrons. The maximum absolute atomic E-state index is 11.3. The molecule has 1 amide bonds. The molecule has 0 bridgehead atoms. The first-order valence-corrected chi connectivity index (χ1v) is 4.58. The van der Waals surface area contributed by atoms with Crippen molar-refractivity contribution in [1.29, 1.82) is 0 Å². The van der Waals surface area contributed by atoms with Crippen LogP contribution in [0.15, 0.2) is 0 Å². The SMILES string of the molecule is CCCN(CC)C(=O)CC(N)=S. The average Bonchev–Trinajstić information content (AvgIpc) is 1.98. The van der Waals surface area contributed by atoms with Crippen molar-refractivity contribution in [1.82, 2.24) is 4.90 Å². The van der Waals surface area contributed by atoms with Gasteiger partial charge in [0.15, 0.2) is 0 Å². The standard InChI is InChI=1S/C8H16N2OS/c1-3-5-10(4-2)8(11)6-7(9)12/h3-6H2,1-2H3,(H2,9,12). The van der Waals surface area contributed by atoms with Gasteiger partial charge < -0.3 is 10.6 Å². The van der Waals surface area contributed by atoms with Gasteiger partial charge in [0.2, 0.25) is 5.91 Å². The first-order chi connectivity index (χ1) is 5.61. The van der Waals surface area contributed by atoms with E-state index in [4.69, 9.17) is 5.73 Å². The highest BCUT2D eigenvalue weighted by molar-refractivity contribution is 7.80. The largest absolute Gasteiger partial charge is 0.393 e. The first-order valence-electron chi connectivity index (χ1n) is 4.17. The molecule has 0 aliphatic carbocycles. The van der Waals surface area contributed by atoms with Gasteiger partial charge in [-0.25, -0.2) is 0 Å². The number of carbonyl (C=O) groups is 1. The van der Waals surface area contributed by atoms with E-state index in [2.05, 4.69) is 12.2 Å². The summed E-state index contributed by atoms with van der Waals surface area (Å²) < 4.78 is 0. The van der Waals surface area contributed by atoms with E-state index in [0.717, 1.165) is 19.5 Å². The highest BCUT2D eigenvalue weighted by Gasteiger charge is 2.10. The van der Waals surface area contributed by atoms with Crippen molar-refractivity contribution in [2.24, 2.45) is 5.73 Å². The number of nitrogens with two attached hydrogens (primary N) is 1. The third-order valence-electron chi connectivity index (χ3n) is 1.55. The predicted molar refractivity (Wildman–Crippen MR) is 53.9 cm³/mol. The molecule has 0 unspecified atom stereocenters. The molecule has 0 aromatic carbocycles. The summed E-state index contributed by atoms with van der Waals surface area (Å²) in [4.78, 5) is 13.4. The lowest BCUT2D eigenvalue weighted by Crippen LogP contribution is -2.33. The Balaban J connectivity index is 3.93. The quantitative estimate of drug-likeness (QED) is 0.653. The summed E-state index contributed by atoms with van der Waals surface area (Å²) in [6, 6.07) is 0. The summed E-state index contributed by atoms with van der Waals surface area (Å²) in [6.07, 6.45) is 1.17. The first kappa shape index (κ1) is 11.4. The summed E-state index contributed by atoms with van der Waals surface area (Å²) in [5.41, 5.74) is 5.27. The van der Waals surface area contributed by atoms with E-state index in [9.17, 15) is 4.79 Å². The number of carbonyl (C=O) groups excluding carboxylic acids is 1. The molecule has 0 aliphatic rings. The number of hydrogen-bond acceptors (Lipinski definition) is 2. The van der Waals surface area contributed by atoms with E-state index in [-0.39, 0.29) is 17.3 Å². The minimum absolute atomic E-state index is 0.0341. The van der Waals surface area contributed by atoms with Gasteiger partial charge in [0, 0.05) is 13.1 Å². The van der Waals surface area contributed by atoms with Gasteiger partial charge in [-0.2, -0.15) is 0 Å². The van der Waals surface area contributed by atoms with Crippen molar-refractivity contribution < 1.29 is 4.79 Å². The molecule has 3 nitrogen and oxygen atoms in total. The molecule has 2 N–H and O–H groups in total. The number of nitrogens with zero attached hydrogens (tertiary/aromatic N) is 1. The number of hydrogen-bond donors (Lipinski definition) is 1. The Morgan fingerprint density at radius 1 is 1.50 bits per heavy atom. The van der Waals surface area contributed by atoms with Crippen molar-refractivity contribution in [3.05, 3.63) is 0 Å². The van der Waals surface area contributed by atoms with Crippen LogP contribution in [0, 0.1) is 0 Å². The molecule has 0 rings (SSSR count). The second-order valence-corrected chi connectivity index (χ2v) is 3.14. The highest BCUT2D eigenvalue weighted by atomic mass is 32.1. The lowest BCUT2D eigenvalue weighted by Gasteiger charge is -2.19. The minimum Gasteiger partial charge on any atom is -0.393 e. The number of rotatable bonds is 5. The maximum Gasteiger partial charge on any atom is 0.229 e. The van der Waals surface area contributed by atoms with Crippen molar-refractivity contribution in [2.45, 2.75) is 26.7 Å². The van der Waals surface area contributed by atoms with Crippen LogP contribution >= 0.6 is 12.2 Å². The van der Waals surface area contributed by atoms with E-state index in [1.165, 1.54) is 0 Å². The Morgan fingerprint density at radius 2 is 2.08 bits per heavy atom. The molecule has 0 aromatic heterocycles. The maximum atomic E-state index is 11.3. The molecule has 0 fully saturated rings. The minimum atomic E-state index is 0.0341. The van der Waals surface area contributed by atoms with Crippen LogP contribution < -0.4 is 5.73 Å². The molecular weight excluding hydrogens is 172 g/mol. The zero-order chi connectivity index (χ0) is 9.56. The third-order valence-corrected chi connectivity index (χ3v) is 1.70. The van der Waals surface area contributed by atoms with E-state index >= 15 is 0 Å². The Bertz CT molecular complexity index is 170. The third kappa shape index (κ3) is 4.28. The van der Waals surface area contributed by atoms with Gasteiger partial charge in [0.1, 0.15) is 0 Å². The smallest absolute Gasteiger partial charge is 0.229 e. The van der Waals surface area contributed by atoms with Crippen LogP contribution in [-0.2, 0) is 4.79 Å². The monoisotopic (exact) mass is 188 g/mol. The second-order valence-electron chi connectivity index (χ2n) is 2.62. The van der Waals surface area contributed by atoms with Crippen LogP contribution in [0.5, 0.6) is 0 Å². The molecule has 0 heterocycles. The molecule has 4 heteroatoms. The van der Waals surface area contributed by atoms with E-state index in [1.807, 2.05) is 13.8 Å². The van der Waals surface area contributed by atoms with Gasteiger partial charge in [0.25, 0.3) is 0 Å². The molecule has 0 aliphatic heterocycles. The topological polar surface area (TPSA) is 46.3 Å². The Kier molecular flexibility index (Phi) is 5.62. The lowest BCUT2D eigenvalue weighted by atomic mass is 10.3. The van der Waals surface area contributed by atoms with Crippen LogP contribution in [0.25, 0.3) is 0 Å². The van der Waals surface area contributed by atoms with Crippen molar-refractivity contribution in [3.8, 4) is 0 Å². The van der Waals surface area contributed by atoms with E-state index in [0.29, 0.717) is 0 Å².